The lowest BCUT2D eigenvalue weighted by Crippen LogP contribution is -2.36. The monoisotopic (exact) mass is 321 g/mol. The number of carbonyl (C=O) groups excluding carboxylic acids is 1. The zero-order valence-electron chi connectivity index (χ0n) is 13.3. The van der Waals surface area contributed by atoms with E-state index in [0.717, 1.165) is 5.56 Å². The van der Waals surface area contributed by atoms with Gasteiger partial charge in [0, 0.05) is 19.2 Å². The van der Waals surface area contributed by atoms with Crippen LogP contribution >= 0.6 is 0 Å². The molecule has 22 heavy (non-hydrogen) atoms. The predicted octanol–water partition coefficient (Wildman–Crippen LogP) is 2.47. The van der Waals surface area contributed by atoms with Gasteiger partial charge in [-0.25, -0.2) is 8.42 Å². The maximum absolute atomic E-state index is 12.1. The Balaban J connectivity index is 1.99. The largest absolute Gasteiger partial charge is 0.338 e. The molecule has 0 aliphatic carbocycles. The van der Waals surface area contributed by atoms with Crippen molar-refractivity contribution in [3.8, 4) is 0 Å². The van der Waals surface area contributed by atoms with Crippen molar-refractivity contribution in [1.82, 2.24) is 4.90 Å². The van der Waals surface area contributed by atoms with Gasteiger partial charge in [0.2, 0.25) is 5.91 Å². The number of hydrogen-bond donors (Lipinski definition) is 0. The normalized spacial score (nSPS) is 20.6. The molecular formula is C17H23NO3S. The second-order valence-electron chi connectivity index (χ2n) is 6.16. The van der Waals surface area contributed by atoms with Crippen molar-refractivity contribution >= 4 is 21.8 Å². The fourth-order valence-corrected chi connectivity index (χ4v) is 4.31. The highest BCUT2D eigenvalue weighted by molar-refractivity contribution is 7.91. The Morgan fingerprint density at radius 1 is 1.27 bits per heavy atom. The molecule has 2 rings (SSSR count). The van der Waals surface area contributed by atoms with E-state index in [-0.39, 0.29) is 23.5 Å². The van der Waals surface area contributed by atoms with Gasteiger partial charge in [-0.2, -0.15) is 0 Å². The van der Waals surface area contributed by atoms with Gasteiger partial charge >= 0.3 is 0 Å². The zero-order chi connectivity index (χ0) is 16.3. The molecule has 120 valence electrons. The van der Waals surface area contributed by atoms with Crippen LogP contribution in [-0.2, 0) is 14.6 Å². The van der Waals surface area contributed by atoms with Gasteiger partial charge in [0.25, 0.3) is 0 Å². The first kappa shape index (κ1) is 16.7. The quantitative estimate of drug-likeness (QED) is 0.801. The Kier molecular flexibility index (Phi) is 5.06. The molecule has 1 fully saturated rings. The van der Waals surface area contributed by atoms with Crippen molar-refractivity contribution < 1.29 is 13.2 Å². The molecule has 1 aromatic rings. The zero-order valence-corrected chi connectivity index (χ0v) is 14.1. The Bertz CT molecular complexity index is 660. The first-order valence-corrected chi connectivity index (χ1v) is 9.36. The summed E-state index contributed by atoms with van der Waals surface area (Å²) < 4.78 is 23.0. The van der Waals surface area contributed by atoms with Crippen molar-refractivity contribution in [2.45, 2.75) is 32.2 Å². The Labute approximate surface area is 132 Å². The predicted molar refractivity (Wildman–Crippen MR) is 89.4 cm³/mol. The van der Waals surface area contributed by atoms with Crippen LogP contribution in [0.4, 0.5) is 0 Å². The third kappa shape index (κ3) is 4.19. The third-order valence-corrected chi connectivity index (χ3v) is 5.88. The first-order valence-electron chi connectivity index (χ1n) is 7.54. The van der Waals surface area contributed by atoms with Gasteiger partial charge in [-0.1, -0.05) is 38.1 Å². The van der Waals surface area contributed by atoms with Crippen LogP contribution in [0, 0.1) is 0 Å². The minimum absolute atomic E-state index is 0.0756. The van der Waals surface area contributed by atoms with E-state index >= 15 is 0 Å². The number of benzene rings is 1. The van der Waals surface area contributed by atoms with E-state index in [1.165, 1.54) is 16.5 Å². The van der Waals surface area contributed by atoms with E-state index in [2.05, 4.69) is 26.0 Å². The summed E-state index contributed by atoms with van der Waals surface area (Å²) in [6, 6.07) is 7.88. The highest BCUT2D eigenvalue weighted by Gasteiger charge is 2.31. The molecule has 0 radical (unpaired) electrons. The molecule has 0 aromatic heterocycles. The van der Waals surface area contributed by atoms with Crippen molar-refractivity contribution in [1.29, 1.82) is 0 Å². The van der Waals surface area contributed by atoms with Crippen LogP contribution < -0.4 is 0 Å². The third-order valence-electron chi connectivity index (χ3n) is 4.13. The topological polar surface area (TPSA) is 54.5 Å². The molecule has 1 saturated heterocycles. The average Bonchev–Trinajstić information content (AvgIpc) is 2.84. The average molecular weight is 321 g/mol. The van der Waals surface area contributed by atoms with Gasteiger partial charge in [-0.3, -0.25) is 4.79 Å². The molecule has 1 atom stereocenters. The van der Waals surface area contributed by atoms with Crippen molar-refractivity contribution in [3.63, 3.8) is 0 Å². The highest BCUT2D eigenvalue weighted by Crippen LogP contribution is 2.18. The van der Waals surface area contributed by atoms with Gasteiger partial charge in [0.15, 0.2) is 9.84 Å². The molecule has 0 spiro atoms. The van der Waals surface area contributed by atoms with Crippen LogP contribution in [0.15, 0.2) is 30.3 Å². The molecular weight excluding hydrogens is 298 g/mol. The molecule has 1 heterocycles. The maximum atomic E-state index is 12.1. The van der Waals surface area contributed by atoms with E-state index in [1.54, 1.807) is 13.1 Å². The summed E-state index contributed by atoms with van der Waals surface area (Å²) in [5.74, 6) is 0.576. The molecule has 0 N–H and O–H groups in total. The van der Waals surface area contributed by atoms with Crippen LogP contribution in [0.5, 0.6) is 0 Å². The molecule has 1 amide bonds. The number of nitrogens with zero attached hydrogens (tertiary/aromatic N) is 1. The van der Waals surface area contributed by atoms with Crippen LogP contribution in [-0.4, -0.2) is 43.8 Å². The highest BCUT2D eigenvalue weighted by atomic mass is 32.2. The van der Waals surface area contributed by atoms with Gasteiger partial charge in [-0.05, 0) is 29.5 Å². The van der Waals surface area contributed by atoms with Crippen molar-refractivity contribution in [2.75, 3.05) is 18.6 Å². The minimum Gasteiger partial charge on any atom is -0.338 e. The van der Waals surface area contributed by atoms with E-state index < -0.39 is 9.84 Å². The first-order chi connectivity index (χ1) is 10.3. The summed E-state index contributed by atoms with van der Waals surface area (Å²) in [6.45, 7) is 4.28. The van der Waals surface area contributed by atoms with Gasteiger partial charge in [0.1, 0.15) is 0 Å². The van der Waals surface area contributed by atoms with Crippen LogP contribution in [0.2, 0.25) is 0 Å². The molecule has 0 bridgehead atoms. The number of sulfone groups is 1. The lowest BCUT2D eigenvalue weighted by atomic mass is 10.0. The Morgan fingerprint density at radius 3 is 2.41 bits per heavy atom. The summed E-state index contributed by atoms with van der Waals surface area (Å²) in [5, 5.41) is 0. The molecule has 5 heteroatoms. The molecule has 0 saturated carbocycles. The smallest absolute Gasteiger partial charge is 0.246 e. The molecule has 1 aliphatic heterocycles. The SMILES string of the molecule is CC(C)c1ccc(/C=C/C(=O)N(C)C2CCS(=O)(=O)C2)cc1. The lowest BCUT2D eigenvalue weighted by molar-refractivity contribution is -0.126. The molecule has 4 nitrogen and oxygen atoms in total. The van der Waals surface area contributed by atoms with Crippen LogP contribution in [0.3, 0.4) is 0 Å². The van der Waals surface area contributed by atoms with E-state index in [1.807, 2.05) is 12.1 Å². The van der Waals surface area contributed by atoms with E-state index in [0.29, 0.717) is 12.3 Å². The fourth-order valence-electron chi connectivity index (χ4n) is 2.54. The van der Waals surface area contributed by atoms with Gasteiger partial charge in [0.05, 0.1) is 11.5 Å². The number of likely N-dealkylation sites (N-methyl/N-ethyl adjacent to an activating group) is 1. The summed E-state index contributed by atoms with van der Waals surface area (Å²) in [5.41, 5.74) is 2.22. The number of amides is 1. The van der Waals surface area contributed by atoms with Crippen LogP contribution in [0.1, 0.15) is 37.3 Å². The second kappa shape index (κ2) is 6.65. The van der Waals surface area contributed by atoms with Gasteiger partial charge in [-0.15, -0.1) is 0 Å². The maximum Gasteiger partial charge on any atom is 0.246 e. The molecule has 1 aromatic carbocycles. The van der Waals surface area contributed by atoms with E-state index in [4.69, 9.17) is 0 Å². The molecule has 1 unspecified atom stereocenters. The number of hydrogen-bond acceptors (Lipinski definition) is 3. The standard InChI is InChI=1S/C17H23NO3S/c1-13(2)15-7-4-14(5-8-15)6-9-17(19)18(3)16-10-11-22(20,21)12-16/h4-9,13,16H,10-12H2,1-3H3/b9-6+. The fraction of sp³-hybridized carbons (Fsp3) is 0.471. The van der Waals surface area contributed by atoms with E-state index in [9.17, 15) is 13.2 Å². The lowest BCUT2D eigenvalue weighted by Gasteiger charge is -2.21. The Hall–Kier alpha value is -1.62. The number of rotatable bonds is 4. The summed E-state index contributed by atoms with van der Waals surface area (Å²) >= 11 is 0. The Morgan fingerprint density at radius 2 is 1.91 bits per heavy atom. The summed E-state index contributed by atoms with van der Waals surface area (Å²) in [6.07, 6.45) is 3.81. The van der Waals surface area contributed by atoms with Crippen molar-refractivity contribution in [2.24, 2.45) is 0 Å². The summed E-state index contributed by atoms with van der Waals surface area (Å²) in [7, 11) is -1.31. The molecule has 1 aliphatic rings. The minimum atomic E-state index is -2.97. The number of carbonyl (C=O) groups is 1. The summed E-state index contributed by atoms with van der Waals surface area (Å²) in [4.78, 5) is 13.7. The second-order valence-corrected chi connectivity index (χ2v) is 8.39. The van der Waals surface area contributed by atoms with Crippen molar-refractivity contribution in [3.05, 3.63) is 41.5 Å². The van der Waals surface area contributed by atoms with Crippen LogP contribution in [0.25, 0.3) is 6.08 Å². The van der Waals surface area contributed by atoms with Gasteiger partial charge < -0.3 is 4.90 Å².